The summed E-state index contributed by atoms with van der Waals surface area (Å²) in [5.74, 6) is -0.414. The number of nitrogens with zero attached hydrogens (tertiary/aromatic N) is 1. The molecule has 5 nitrogen and oxygen atoms in total. The minimum absolute atomic E-state index is 0.0550. The van der Waals surface area contributed by atoms with Gasteiger partial charge in [0.05, 0.1) is 10.8 Å². The standard InChI is InChI=1S/C12H18N2O3S2/c1-12(2,3)11-14-8(6-19-11)10(17)13-4-5-18-7-9(15)16/h6H,4-5,7H2,1-3H3,(H,13,17)(H,15,16). The largest absolute Gasteiger partial charge is 0.481 e. The van der Waals surface area contributed by atoms with Gasteiger partial charge in [-0.25, -0.2) is 4.98 Å². The quantitative estimate of drug-likeness (QED) is 0.786. The Balaban J connectivity index is 2.38. The summed E-state index contributed by atoms with van der Waals surface area (Å²) in [6, 6.07) is 0. The van der Waals surface area contributed by atoms with E-state index in [1.54, 1.807) is 5.38 Å². The van der Waals surface area contributed by atoms with Crippen LogP contribution in [0, 0.1) is 0 Å². The maximum absolute atomic E-state index is 11.8. The third kappa shape index (κ3) is 5.61. The SMILES string of the molecule is CC(C)(C)c1nc(C(=O)NCCSCC(=O)O)cs1. The third-order valence-corrected chi connectivity index (χ3v) is 4.35. The smallest absolute Gasteiger partial charge is 0.313 e. The number of amides is 1. The second-order valence-electron chi connectivity index (χ2n) is 4.99. The minimum Gasteiger partial charge on any atom is -0.481 e. The average Bonchev–Trinajstić information content (AvgIpc) is 2.76. The maximum Gasteiger partial charge on any atom is 0.313 e. The molecule has 0 saturated heterocycles. The maximum atomic E-state index is 11.8. The number of hydrogen-bond donors (Lipinski definition) is 2. The number of thioether (sulfide) groups is 1. The number of carboxylic acids is 1. The van der Waals surface area contributed by atoms with Gasteiger partial charge in [-0.1, -0.05) is 20.8 Å². The zero-order valence-electron chi connectivity index (χ0n) is 11.2. The van der Waals surface area contributed by atoms with Crippen molar-refractivity contribution < 1.29 is 14.7 Å². The lowest BCUT2D eigenvalue weighted by Gasteiger charge is -2.13. The molecule has 19 heavy (non-hydrogen) atoms. The lowest BCUT2D eigenvalue weighted by molar-refractivity contribution is -0.133. The van der Waals surface area contributed by atoms with Crippen molar-refractivity contribution in [3.63, 3.8) is 0 Å². The monoisotopic (exact) mass is 302 g/mol. The first-order chi connectivity index (χ1) is 8.80. The molecule has 0 aromatic carbocycles. The fraction of sp³-hybridized carbons (Fsp3) is 0.583. The van der Waals surface area contributed by atoms with Crippen molar-refractivity contribution in [2.24, 2.45) is 0 Å². The van der Waals surface area contributed by atoms with Crippen LogP contribution < -0.4 is 5.32 Å². The van der Waals surface area contributed by atoms with Gasteiger partial charge in [0.2, 0.25) is 0 Å². The third-order valence-electron chi connectivity index (χ3n) is 2.14. The van der Waals surface area contributed by atoms with Gasteiger partial charge in [0, 0.05) is 23.1 Å². The van der Waals surface area contributed by atoms with Gasteiger partial charge in [0.15, 0.2) is 0 Å². The van der Waals surface area contributed by atoms with Crippen LogP contribution in [0.3, 0.4) is 0 Å². The van der Waals surface area contributed by atoms with Crippen LogP contribution in [0.2, 0.25) is 0 Å². The molecule has 0 atom stereocenters. The Morgan fingerprint density at radius 1 is 1.47 bits per heavy atom. The van der Waals surface area contributed by atoms with Crippen LogP contribution in [0.15, 0.2) is 5.38 Å². The van der Waals surface area contributed by atoms with E-state index in [1.807, 2.05) is 0 Å². The second-order valence-corrected chi connectivity index (χ2v) is 6.95. The summed E-state index contributed by atoms with van der Waals surface area (Å²) < 4.78 is 0. The zero-order valence-corrected chi connectivity index (χ0v) is 12.9. The Morgan fingerprint density at radius 3 is 2.68 bits per heavy atom. The number of carbonyl (C=O) groups excluding carboxylic acids is 1. The summed E-state index contributed by atoms with van der Waals surface area (Å²) in [5, 5.41) is 13.9. The predicted octanol–water partition coefficient (Wildman–Crippen LogP) is 1.99. The van der Waals surface area contributed by atoms with Gasteiger partial charge in [-0.05, 0) is 0 Å². The molecule has 0 fully saturated rings. The zero-order chi connectivity index (χ0) is 14.5. The summed E-state index contributed by atoms with van der Waals surface area (Å²) in [5.41, 5.74) is 0.374. The molecule has 0 saturated carbocycles. The number of rotatable bonds is 6. The number of aromatic nitrogens is 1. The summed E-state index contributed by atoms with van der Waals surface area (Å²) in [4.78, 5) is 26.4. The molecule has 7 heteroatoms. The Bertz CT molecular complexity index is 452. The van der Waals surface area contributed by atoms with Gasteiger partial charge in [-0.3, -0.25) is 9.59 Å². The molecular formula is C12H18N2O3S2. The number of thiazole rings is 1. The van der Waals surface area contributed by atoms with E-state index in [2.05, 4.69) is 31.1 Å². The average molecular weight is 302 g/mol. The highest BCUT2D eigenvalue weighted by molar-refractivity contribution is 7.99. The molecular weight excluding hydrogens is 284 g/mol. The Labute approximate surface area is 120 Å². The molecule has 1 rings (SSSR count). The van der Waals surface area contributed by atoms with Crippen LogP contribution in [0.1, 0.15) is 36.3 Å². The van der Waals surface area contributed by atoms with Crippen molar-refractivity contribution in [1.82, 2.24) is 10.3 Å². The van der Waals surface area contributed by atoms with Crippen molar-refractivity contribution in [1.29, 1.82) is 0 Å². The molecule has 0 bridgehead atoms. The van der Waals surface area contributed by atoms with Crippen LogP contribution in [0.25, 0.3) is 0 Å². The van der Waals surface area contributed by atoms with Crippen molar-refractivity contribution in [2.75, 3.05) is 18.1 Å². The summed E-state index contributed by atoms with van der Waals surface area (Å²) in [6.07, 6.45) is 0. The van der Waals surface area contributed by atoms with Crippen LogP contribution in [0.5, 0.6) is 0 Å². The van der Waals surface area contributed by atoms with E-state index < -0.39 is 5.97 Å². The van der Waals surface area contributed by atoms with E-state index in [4.69, 9.17) is 5.11 Å². The van der Waals surface area contributed by atoms with Crippen molar-refractivity contribution in [2.45, 2.75) is 26.2 Å². The molecule has 0 aliphatic carbocycles. The highest BCUT2D eigenvalue weighted by atomic mass is 32.2. The van der Waals surface area contributed by atoms with E-state index in [0.717, 1.165) is 5.01 Å². The Hall–Kier alpha value is -1.08. The summed E-state index contributed by atoms with van der Waals surface area (Å²) in [7, 11) is 0. The van der Waals surface area contributed by atoms with E-state index in [9.17, 15) is 9.59 Å². The number of carboxylic acid groups (broad SMARTS) is 1. The van der Waals surface area contributed by atoms with Gasteiger partial charge in [0.1, 0.15) is 5.69 Å². The van der Waals surface area contributed by atoms with Gasteiger partial charge in [-0.2, -0.15) is 0 Å². The number of carbonyl (C=O) groups is 2. The van der Waals surface area contributed by atoms with Crippen molar-refractivity contribution in [3.05, 3.63) is 16.1 Å². The summed E-state index contributed by atoms with van der Waals surface area (Å²) in [6.45, 7) is 6.60. The van der Waals surface area contributed by atoms with Gasteiger partial charge in [-0.15, -0.1) is 23.1 Å². The van der Waals surface area contributed by atoms with Crippen LogP contribution >= 0.6 is 23.1 Å². The van der Waals surface area contributed by atoms with E-state index >= 15 is 0 Å². The summed E-state index contributed by atoms with van der Waals surface area (Å²) >= 11 is 2.75. The molecule has 0 spiro atoms. The lowest BCUT2D eigenvalue weighted by atomic mass is 9.98. The second kappa shape index (κ2) is 6.91. The van der Waals surface area contributed by atoms with Gasteiger partial charge in [0.25, 0.3) is 5.91 Å². The fourth-order valence-electron chi connectivity index (χ4n) is 1.21. The van der Waals surface area contributed by atoms with Gasteiger partial charge >= 0.3 is 5.97 Å². The molecule has 1 aromatic heterocycles. The molecule has 106 valence electrons. The first-order valence-corrected chi connectivity index (χ1v) is 7.88. The number of aliphatic carboxylic acids is 1. The highest BCUT2D eigenvalue weighted by Crippen LogP contribution is 2.25. The minimum atomic E-state index is -0.842. The predicted molar refractivity (Wildman–Crippen MR) is 78.1 cm³/mol. The van der Waals surface area contributed by atoms with E-state index in [1.165, 1.54) is 23.1 Å². The molecule has 0 radical (unpaired) electrons. The van der Waals surface area contributed by atoms with Crippen molar-refractivity contribution >= 4 is 35.0 Å². The Morgan fingerprint density at radius 2 is 2.16 bits per heavy atom. The van der Waals surface area contributed by atoms with Gasteiger partial charge < -0.3 is 10.4 Å². The first-order valence-electron chi connectivity index (χ1n) is 5.84. The molecule has 0 unspecified atom stereocenters. The normalized spacial score (nSPS) is 11.3. The topological polar surface area (TPSA) is 79.3 Å². The highest BCUT2D eigenvalue weighted by Gasteiger charge is 2.20. The van der Waals surface area contributed by atoms with Crippen LogP contribution in [-0.2, 0) is 10.2 Å². The van der Waals surface area contributed by atoms with E-state index in [-0.39, 0.29) is 17.1 Å². The molecule has 2 N–H and O–H groups in total. The molecule has 0 aliphatic rings. The van der Waals surface area contributed by atoms with Crippen LogP contribution in [0.4, 0.5) is 0 Å². The van der Waals surface area contributed by atoms with Crippen LogP contribution in [-0.4, -0.2) is 40.0 Å². The molecule has 1 heterocycles. The fourth-order valence-corrected chi connectivity index (χ4v) is 2.66. The molecule has 1 amide bonds. The van der Waals surface area contributed by atoms with Crippen molar-refractivity contribution in [3.8, 4) is 0 Å². The number of nitrogens with one attached hydrogen (secondary N) is 1. The van der Waals surface area contributed by atoms with E-state index in [0.29, 0.717) is 18.0 Å². The first kappa shape index (κ1) is 16.0. The number of hydrogen-bond acceptors (Lipinski definition) is 5. The Kier molecular flexibility index (Phi) is 5.81. The molecule has 0 aliphatic heterocycles. The lowest BCUT2D eigenvalue weighted by Crippen LogP contribution is -2.26. The molecule has 1 aromatic rings.